The van der Waals surface area contributed by atoms with Crippen molar-refractivity contribution in [3.8, 4) is 0 Å². The largest absolute Gasteiger partial charge is 0.342 e. The number of nitrogens with zero attached hydrogens (tertiary/aromatic N) is 2. The maximum absolute atomic E-state index is 12.6. The fourth-order valence-electron chi connectivity index (χ4n) is 3.17. The zero-order valence-corrected chi connectivity index (χ0v) is 14.4. The van der Waals surface area contributed by atoms with Gasteiger partial charge in [-0.05, 0) is 30.2 Å². The van der Waals surface area contributed by atoms with Gasteiger partial charge in [0.1, 0.15) is 12.1 Å². The summed E-state index contributed by atoms with van der Waals surface area (Å²) in [7, 11) is 0. The number of nitrogens with one attached hydrogen (secondary N) is 1. The topological polar surface area (TPSA) is 69.7 Å². The van der Waals surface area contributed by atoms with E-state index in [0.717, 1.165) is 0 Å². The maximum atomic E-state index is 12.6. The van der Waals surface area contributed by atoms with Crippen LogP contribution in [0.5, 0.6) is 0 Å². The first-order chi connectivity index (χ1) is 11.4. The summed E-state index contributed by atoms with van der Waals surface area (Å²) < 4.78 is 0. The van der Waals surface area contributed by atoms with E-state index in [1.165, 1.54) is 0 Å². The molecule has 0 saturated carbocycles. The van der Waals surface area contributed by atoms with Gasteiger partial charge in [-0.3, -0.25) is 14.4 Å². The third-order valence-corrected chi connectivity index (χ3v) is 4.83. The quantitative estimate of drug-likeness (QED) is 0.870. The molecule has 0 radical (unpaired) electrons. The van der Waals surface area contributed by atoms with Crippen LogP contribution in [0.1, 0.15) is 24.2 Å². The number of benzene rings is 1. The summed E-state index contributed by atoms with van der Waals surface area (Å²) in [5.74, 6) is -0.372. The molecule has 24 heavy (non-hydrogen) atoms. The summed E-state index contributed by atoms with van der Waals surface area (Å²) in [5, 5.41) is 3.35. The van der Waals surface area contributed by atoms with Crippen molar-refractivity contribution in [1.82, 2.24) is 15.1 Å². The van der Waals surface area contributed by atoms with E-state index in [1.54, 1.807) is 34.1 Å². The SMILES string of the molecule is CC(C)[C@@H]1NC(=O)[C@H]2CN(C(=O)c3ccc(Cl)cc3)CCN2C1=O. The predicted octanol–water partition coefficient (Wildman–Crippen LogP) is 1.15. The Bertz CT molecular complexity index is 674. The highest BCUT2D eigenvalue weighted by molar-refractivity contribution is 6.30. The van der Waals surface area contributed by atoms with Crippen molar-refractivity contribution in [3.63, 3.8) is 0 Å². The van der Waals surface area contributed by atoms with Gasteiger partial charge in [-0.15, -0.1) is 0 Å². The highest BCUT2D eigenvalue weighted by Crippen LogP contribution is 2.21. The van der Waals surface area contributed by atoms with Crippen molar-refractivity contribution in [1.29, 1.82) is 0 Å². The molecule has 2 atom stereocenters. The molecule has 6 nitrogen and oxygen atoms in total. The molecule has 1 aromatic carbocycles. The van der Waals surface area contributed by atoms with Gasteiger partial charge in [-0.25, -0.2) is 0 Å². The first kappa shape index (κ1) is 16.8. The molecule has 2 saturated heterocycles. The van der Waals surface area contributed by atoms with E-state index < -0.39 is 12.1 Å². The van der Waals surface area contributed by atoms with Crippen LogP contribution in [0.3, 0.4) is 0 Å². The molecule has 2 fully saturated rings. The summed E-state index contributed by atoms with van der Waals surface area (Å²) in [4.78, 5) is 40.7. The summed E-state index contributed by atoms with van der Waals surface area (Å²) in [5.41, 5.74) is 0.524. The summed E-state index contributed by atoms with van der Waals surface area (Å²) >= 11 is 5.85. The van der Waals surface area contributed by atoms with Crippen LogP contribution in [0.15, 0.2) is 24.3 Å². The lowest BCUT2D eigenvalue weighted by Gasteiger charge is -2.46. The van der Waals surface area contributed by atoms with Crippen LogP contribution in [-0.2, 0) is 9.59 Å². The lowest BCUT2D eigenvalue weighted by atomic mass is 9.96. The van der Waals surface area contributed by atoms with Crippen LogP contribution in [0.4, 0.5) is 0 Å². The Morgan fingerprint density at radius 2 is 1.88 bits per heavy atom. The Kier molecular flexibility index (Phi) is 4.49. The Labute approximate surface area is 145 Å². The Morgan fingerprint density at radius 3 is 2.50 bits per heavy atom. The van der Waals surface area contributed by atoms with E-state index in [-0.39, 0.29) is 30.2 Å². The first-order valence-corrected chi connectivity index (χ1v) is 8.42. The average molecular weight is 350 g/mol. The van der Waals surface area contributed by atoms with Gasteiger partial charge in [0.05, 0.1) is 6.54 Å². The number of halogens is 1. The number of piperazine rings is 2. The van der Waals surface area contributed by atoms with E-state index >= 15 is 0 Å². The van der Waals surface area contributed by atoms with Crippen molar-refractivity contribution >= 4 is 29.3 Å². The number of hydrogen-bond acceptors (Lipinski definition) is 3. The number of hydrogen-bond donors (Lipinski definition) is 1. The van der Waals surface area contributed by atoms with Gasteiger partial charge in [-0.2, -0.15) is 0 Å². The van der Waals surface area contributed by atoms with Gasteiger partial charge in [-0.1, -0.05) is 25.4 Å². The molecule has 0 aromatic heterocycles. The van der Waals surface area contributed by atoms with Crippen LogP contribution >= 0.6 is 11.6 Å². The highest BCUT2D eigenvalue weighted by atomic mass is 35.5. The standard InChI is InChI=1S/C17H20ClN3O3/c1-10(2)14-17(24)21-8-7-20(9-13(21)15(22)19-14)16(23)11-3-5-12(18)6-4-11/h3-6,10,13-14H,7-9H2,1-2H3,(H,19,22)/t13-,14+/m1/s1. The first-order valence-electron chi connectivity index (χ1n) is 8.04. The lowest BCUT2D eigenvalue weighted by molar-refractivity contribution is -0.153. The van der Waals surface area contributed by atoms with Crippen LogP contribution in [0.2, 0.25) is 5.02 Å². The molecule has 0 unspecified atom stereocenters. The molecule has 2 aliphatic rings. The third kappa shape index (κ3) is 2.98. The molecule has 1 aromatic rings. The molecule has 0 spiro atoms. The second-order valence-electron chi connectivity index (χ2n) is 6.54. The van der Waals surface area contributed by atoms with Crippen LogP contribution in [0.25, 0.3) is 0 Å². The molecule has 0 aliphatic carbocycles. The minimum absolute atomic E-state index is 0.0381. The number of fused-ring (bicyclic) bond motifs is 1. The van der Waals surface area contributed by atoms with Gasteiger partial charge in [0.2, 0.25) is 11.8 Å². The zero-order valence-electron chi connectivity index (χ0n) is 13.7. The van der Waals surface area contributed by atoms with Gasteiger partial charge in [0.15, 0.2) is 0 Å². The maximum Gasteiger partial charge on any atom is 0.254 e. The third-order valence-electron chi connectivity index (χ3n) is 4.57. The monoisotopic (exact) mass is 349 g/mol. The van der Waals surface area contributed by atoms with Crippen molar-refractivity contribution in [2.24, 2.45) is 5.92 Å². The van der Waals surface area contributed by atoms with Gasteiger partial charge < -0.3 is 15.1 Å². The Balaban J connectivity index is 1.75. The van der Waals surface area contributed by atoms with Crippen molar-refractivity contribution < 1.29 is 14.4 Å². The molecular weight excluding hydrogens is 330 g/mol. The zero-order chi connectivity index (χ0) is 17.4. The van der Waals surface area contributed by atoms with Crippen LogP contribution < -0.4 is 5.32 Å². The predicted molar refractivity (Wildman–Crippen MR) is 89.6 cm³/mol. The minimum atomic E-state index is -0.613. The van der Waals surface area contributed by atoms with Crippen LogP contribution in [0, 0.1) is 5.92 Å². The van der Waals surface area contributed by atoms with E-state index in [0.29, 0.717) is 23.7 Å². The van der Waals surface area contributed by atoms with E-state index in [9.17, 15) is 14.4 Å². The normalized spacial score (nSPS) is 24.0. The number of carbonyl (C=O) groups excluding carboxylic acids is 3. The molecule has 1 N–H and O–H groups in total. The fourth-order valence-corrected chi connectivity index (χ4v) is 3.30. The van der Waals surface area contributed by atoms with E-state index in [4.69, 9.17) is 11.6 Å². The molecule has 0 bridgehead atoms. The fraction of sp³-hybridized carbons (Fsp3) is 0.471. The van der Waals surface area contributed by atoms with Gasteiger partial charge >= 0.3 is 0 Å². The van der Waals surface area contributed by atoms with Crippen molar-refractivity contribution in [2.75, 3.05) is 19.6 Å². The molecule has 7 heteroatoms. The lowest BCUT2D eigenvalue weighted by Crippen LogP contribution is -2.70. The van der Waals surface area contributed by atoms with Crippen molar-refractivity contribution in [3.05, 3.63) is 34.9 Å². The average Bonchev–Trinajstić information content (AvgIpc) is 2.57. The molecule has 128 valence electrons. The summed E-state index contributed by atoms with van der Waals surface area (Å²) in [6, 6.07) is 5.56. The Morgan fingerprint density at radius 1 is 1.21 bits per heavy atom. The number of carbonyl (C=O) groups is 3. The molecule has 3 rings (SSSR count). The molecule has 2 heterocycles. The van der Waals surface area contributed by atoms with Gasteiger partial charge in [0.25, 0.3) is 5.91 Å². The van der Waals surface area contributed by atoms with Crippen molar-refractivity contribution in [2.45, 2.75) is 25.9 Å². The molecule has 2 aliphatic heterocycles. The Hall–Kier alpha value is -2.08. The highest BCUT2D eigenvalue weighted by Gasteiger charge is 2.45. The van der Waals surface area contributed by atoms with Gasteiger partial charge in [0, 0.05) is 23.7 Å². The molecule has 3 amide bonds. The molecular formula is C17H20ClN3O3. The number of rotatable bonds is 2. The number of amides is 3. The van der Waals surface area contributed by atoms with Crippen LogP contribution in [-0.4, -0.2) is 59.2 Å². The summed E-state index contributed by atoms with van der Waals surface area (Å²) in [6.07, 6.45) is 0. The second-order valence-corrected chi connectivity index (χ2v) is 6.97. The summed E-state index contributed by atoms with van der Waals surface area (Å²) in [6.45, 7) is 4.82. The van der Waals surface area contributed by atoms with E-state index in [1.807, 2.05) is 13.8 Å². The second kappa shape index (κ2) is 6.43. The smallest absolute Gasteiger partial charge is 0.254 e. The minimum Gasteiger partial charge on any atom is -0.342 e. The van der Waals surface area contributed by atoms with E-state index in [2.05, 4.69) is 5.32 Å².